The number of halogens is 1. The Morgan fingerprint density at radius 1 is 1.08 bits per heavy atom. The molecule has 0 atom stereocenters. The minimum atomic E-state index is -0.280. The van der Waals surface area contributed by atoms with E-state index in [4.69, 9.17) is 23.8 Å². The molecule has 0 spiro atoms. The highest BCUT2D eigenvalue weighted by molar-refractivity contribution is 7.80. The molecule has 0 bridgehead atoms. The van der Waals surface area contributed by atoms with Crippen molar-refractivity contribution >= 4 is 47.0 Å². The van der Waals surface area contributed by atoms with Crippen LogP contribution in [0.3, 0.4) is 0 Å². The summed E-state index contributed by atoms with van der Waals surface area (Å²) in [5.41, 5.74) is 3.54. The minimum absolute atomic E-state index is 0.267. The van der Waals surface area contributed by atoms with E-state index in [-0.39, 0.29) is 11.0 Å². The molecular formula is C19H17ClN2OS. The van der Waals surface area contributed by atoms with Gasteiger partial charge in [0.15, 0.2) is 5.11 Å². The fourth-order valence-electron chi connectivity index (χ4n) is 2.10. The molecule has 0 aliphatic carbocycles. The Morgan fingerprint density at radius 3 is 2.38 bits per heavy atom. The predicted octanol–water partition coefficient (Wildman–Crippen LogP) is 4.43. The third-order valence-corrected chi connectivity index (χ3v) is 3.88. The SMILES string of the molecule is C=Cc1ccc(CNC(=S)NC(=O)c2ccc(Cl)cc2)cc1C=C. The van der Waals surface area contributed by atoms with Crippen LogP contribution in [-0.4, -0.2) is 11.0 Å². The van der Waals surface area contributed by atoms with Gasteiger partial charge in [0.25, 0.3) is 5.91 Å². The molecule has 2 aromatic rings. The van der Waals surface area contributed by atoms with Crippen LogP contribution in [0.2, 0.25) is 5.02 Å². The molecule has 5 heteroatoms. The van der Waals surface area contributed by atoms with Gasteiger partial charge in [-0.15, -0.1) is 0 Å². The lowest BCUT2D eigenvalue weighted by Crippen LogP contribution is -2.38. The molecule has 0 radical (unpaired) electrons. The first-order chi connectivity index (χ1) is 11.5. The molecule has 0 aromatic heterocycles. The molecule has 0 fully saturated rings. The Kier molecular flexibility index (Phi) is 6.29. The van der Waals surface area contributed by atoms with Gasteiger partial charge in [0.05, 0.1) is 0 Å². The van der Waals surface area contributed by atoms with Gasteiger partial charge < -0.3 is 5.32 Å². The molecule has 0 unspecified atom stereocenters. The summed E-state index contributed by atoms with van der Waals surface area (Å²) >= 11 is 11.0. The number of rotatable bonds is 5. The zero-order valence-corrected chi connectivity index (χ0v) is 14.6. The number of amides is 1. The molecule has 2 N–H and O–H groups in total. The largest absolute Gasteiger partial charge is 0.358 e. The van der Waals surface area contributed by atoms with Crippen LogP contribution in [-0.2, 0) is 6.54 Å². The molecule has 0 saturated carbocycles. The lowest BCUT2D eigenvalue weighted by atomic mass is 10.0. The van der Waals surface area contributed by atoms with E-state index in [0.717, 1.165) is 16.7 Å². The fourth-order valence-corrected chi connectivity index (χ4v) is 2.39. The van der Waals surface area contributed by atoms with Crippen LogP contribution in [0.15, 0.2) is 55.6 Å². The highest BCUT2D eigenvalue weighted by atomic mass is 35.5. The van der Waals surface area contributed by atoms with E-state index in [1.54, 1.807) is 36.4 Å². The monoisotopic (exact) mass is 356 g/mol. The molecule has 0 aliphatic heterocycles. The van der Waals surface area contributed by atoms with Crippen LogP contribution >= 0.6 is 23.8 Å². The molecule has 1 amide bonds. The van der Waals surface area contributed by atoms with Crippen LogP contribution in [0.4, 0.5) is 0 Å². The van der Waals surface area contributed by atoms with Crippen LogP contribution in [0.25, 0.3) is 12.2 Å². The summed E-state index contributed by atoms with van der Waals surface area (Å²) in [5, 5.41) is 6.50. The zero-order chi connectivity index (χ0) is 17.5. The zero-order valence-electron chi connectivity index (χ0n) is 13.0. The summed E-state index contributed by atoms with van der Waals surface area (Å²) in [6.07, 6.45) is 3.56. The Hall–Kier alpha value is -2.43. The van der Waals surface area contributed by atoms with Crippen molar-refractivity contribution in [3.8, 4) is 0 Å². The molecule has 0 saturated heterocycles. The predicted molar refractivity (Wildman–Crippen MR) is 105 cm³/mol. The average Bonchev–Trinajstić information content (AvgIpc) is 2.60. The van der Waals surface area contributed by atoms with Crippen molar-refractivity contribution in [3.05, 3.63) is 82.9 Å². The molecule has 3 nitrogen and oxygen atoms in total. The van der Waals surface area contributed by atoms with Gasteiger partial charge in [0, 0.05) is 17.1 Å². The number of hydrogen-bond donors (Lipinski definition) is 2. The van der Waals surface area contributed by atoms with Gasteiger partial charge in [-0.05, 0) is 59.2 Å². The number of hydrogen-bond acceptors (Lipinski definition) is 2. The average molecular weight is 357 g/mol. The Balaban J connectivity index is 1.93. The van der Waals surface area contributed by atoms with E-state index >= 15 is 0 Å². The second-order valence-corrected chi connectivity index (χ2v) is 5.86. The first-order valence-corrected chi connectivity index (χ1v) is 8.04. The summed E-state index contributed by atoms with van der Waals surface area (Å²) in [6, 6.07) is 12.5. The summed E-state index contributed by atoms with van der Waals surface area (Å²) in [5.74, 6) is -0.280. The second-order valence-electron chi connectivity index (χ2n) is 5.02. The molecule has 2 aromatic carbocycles. The molecule has 0 heterocycles. The van der Waals surface area contributed by atoms with E-state index in [2.05, 4.69) is 23.8 Å². The second kappa shape index (κ2) is 8.43. The Bertz CT molecular complexity index is 784. The van der Waals surface area contributed by atoms with Crippen molar-refractivity contribution < 1.29 is 4.79 Å². The quantitative estimate of drug-likeness (QED) is 0.778. The number of carbonyl (C=O) groups is 1. The van der Waals surface area contributed by atoms with Crippen molar-refractivity contribution in [2.24, 2.45) is 0 Å². The topological polar surface area (TPSA) is 41.1 Å². The van der Waals surface area contributed by atoms with Crippen molar-refractivity contribution in [1.29, 1.82) is 0 Å². The minimum Gasteiger partial charge on any atom is -0.358 e. The van der Waals surface area contributed by atoms with Crippen LogP contribution in [0.1, 0.15) is 27.0 Å². The molecular weight excluding hydrogens is 340 g/mol. The van der Waals surface area contributed by atoms with Crippen molar-refractivity contribution in [2.45, 2.75) is 6.54 Å². The highest BCUT2D eigenvalue weighted by Gasteiger charge is 2.07. The standard InChI is InChI=1S/C19H17ClN2OS/c1-3-14-6-5-13(11-15(14)4-2)12-21-19(24)22-18(23)16-7-9-17(20)10-8-16/h3-11H,1-2,12H2,(H2,21,22,23,24). The third kappa shape index (κ3) is 4.78. The first kappa shape index (κ1) is 17.9. The number of benzene rings is 2. The Labute approximate surface area is 152 Å². The van der Waals surface area contributed by atoms with Crippen LogP contribution < -0.4 is 10.6 Å². The normalized spacial score (nSPS) is 9.88. The maximum Gasteiger partial charge on any atom is 0.257 e. The van der Waals surface area contributed by atoms with E-state index in [9.17, 15) is 4.79 Å². The molecule has 24 heavy (non-hydrogen) atoms. The Morgan fingerprint density at radius 2 is 1.75 bits per heavy atom. The first-order valence-electron chi connectivity index (χ1n) is 7.26. The number of nitrogens with one attached hydrogen (secondary N) is 2. The highest BCUT2D eigenvalue weighted by Crippen LogP contribution is 2.14. The van der Waals surface area contributed by atoms with E-state index in [1.165, 1.54) is 0 Å². The number of thiocarbonyl (C=S) groups is 1. The van der Waals surface area contributed by atoms with Gasteiger partial charge in [0.1, 0.15) is 0 Å². The maximum absolute atomic E-state index is 12.1. The molecule has 122 valence electrons. The number of carbonyl (C=O) groups excluding carboxylic acids is 1. The van der Waals surface area contributed by atoms with Crippen LogP contribution in [0.5, 0.6) is 0 Å². The molecule has 0 aliphatic rings. The van der Waals surface area contributed by atoms with E-state index in [1.807, 2.05) is 18.2 Å². The molecule has 2 rings (SSSR count). The third-order valence-electron chi connectivity index (χ3n) is 3.38. The van der Waals surface area contributed by atoms with E-state index < -0.39 is 0 Å². The lowest BCUT2D eigenvalue weighted by Gasteiger charge is -2.11. The van der Waals surface area contributed by atoms with Gasteiger partial charge >= 0.3 is 0 Å². The summed E-state index contributed by atoms with van der Waals surface area (Å²) < 4.78 is 0. The summed E-state index contributed by atoms with van der Waals surface area (Å²) in [4.78, 5) is 12.1. The maximum atomic E-state index is 12.1. The van der Waals surface area contributed by atoms with Gasteiger partial charge in [-0.2, -0.15) is 0 Å². The summed E-state index contributed by atoms with van der Waals surface area (Å²) in [6.45, 7) is 8.06. The van der Waals surface area contributed by atoms with Gasteiger partial charge in [-0.1, -0.05) is 49.0 Å². The van der Waals surface area contributed by atoms with Crippen molar-refractivity contribution in [1.82, 2.24) is 10.6 Å². The van der Waals surface area contributed by atoms with Crippen molar-refractivity contribution in [3.63, 3.8) is 0 Å². The van der Waals surface area contributed by atoms with Crippen molar-refractivity contribution in [2.75, 3.05) is 0 Å². The fraction of sp³-hybridized carbons (Fsp3) is 0.0526. The van der Waals surface area contributed by atoms with Gasteiger partial charge in [-0.3, -0.25) is 10.1 Å². The van der Waals surface area contributed by atoms with Gasteiger partial charge in [-0.25, -0.2) is 0 Å². The lowest BCUT2D eigenvalue weighted by molar-refractivity contribution is 0.0976. The van der Waals surface area contributed by atoms with Crippen LogP contribution in [0, 0.1) is 0 Å². The smallest absolute Gasteiger partial charge is 0.257 e. The van der Waals surface area contributed by atoms with E-state index in [0.29, 0.717) is 17.1 Å². The van der Waals surface area contributed by atoms with Gasteiger partial charge in [0.2, 0.25) is 0 Å². The summed E-state index contributed by atoms with van der Waals surface area (Å²) in [7, 11) is 0.